The molecule has 2 atom stereocenters. The van der Waals surface area contributed by atoms with Gasteiger partial charge < -0.3 is 10.2 Å². The standard InChI is InChI=1S/C13H22N2S/c1-11-12(5-7-14-11)10-15(2)8-6-13-4-3-9-16-13/h3-4,9,11-12,14H,5-8,10H2,1-2H3. The van der Waals surface area contributed by atoms with Crippen LogP contribution in [0.3, 0.4) is 0 Å². The lowest BCUT2D eigenvalue weighted by molar-refractivity contribution is 0.269. The predicted molar refractivity (Wildman–Crippen MR) is 71.1 cm³/mol. The summed E-state index contributed by atoms with van der Waals surface area (Å²) in [7, 11) is 2.25. The molecular formula is C13H22N2S. The lowest BCUT2D eigenvalue weighted by atomic mass is 10.0. The first kappa shape index (κ1) is 12.1. The minimum absolute atomic E-state index is 0.698. The molecule has 1 aliphatic rings. The zero-order valence-corrected chi connectivity index (χ0v) is 11.1. The van der Waals surface area contributed by atoms with Gasteiger partial charge in [-0.1, -0.05) is 6.07 Å². The van der Waals surface area contributed by atoms with Gasteiger partial charge in [-0.3, -0.25) is 0 Å². The Labute approximate surface area is 103 Å². The highest BCUT2D eigenvalue weighted by Gasteiger charge is 2.23. The maximum atomic E-state index is 3.52. The SMILES string of the molecule is CC1NCCC1CN(C)CCc1cccs1. The van der Waals surface area contributed by atoms with E-state index in [-0.39, 0.29) is 0 Å². The van der Waals surface area contributed by atoms with Crippen molar-refractivity contribution in [3.63, 3.8) is 0 Å². The predicted octanol–water partition coefficient (Wildman–Crippen LogP) is 2.22. The van der Waals surface area contributed by atoms with Crippen LogP contribution >= 0.6 is 11.3 Å². The molecule has 1 N–H and O–H groups in total. The molecule has 0 radical (unpaired) electrons. The summed E-state index contributed by atoms with van der Waals surface area (Å²) in [5.74, 6) is 0.841. The van der Waals surface area contributed by atoms with Crippen LogP contribution in [0.25, 0.3) is 0 Å². The molecule has 16 heavy (non-hydrogen) atoms. The van der Waals surface area contributed by atoms with Gasteiger partial charge in [-0.2, -0.15) is 0 Å². The zero-order chi connectivity index (χ0) is 11.4. The molecule has 2 rings (SSSR count). The third-order valence-electron chi connectivity index (χ3n) is 3.55. The molecule has 2 heterocycles. The van der Waals surface area contributed by atoms with Gasteiger partial charge in [-0.25, -0.2) is 0 Å². The zero-order valence-electron chi connectivity index (χ0n) is 10.3. The highest BCUT2D eigenvalue weighted by Crippen LogP contribution is 2.16. The number of nitrogens with zero attached hydrogens (tertiary/aromatic N) is 1. The molecule has 1 aromatic heterocycles. The fraction of sp³-hybridized carbons (Fsp3) is 0.692. The molecule has 2 nitrogen and oxygen atoms in total. The Kier molecular flexibility index (Phi) is 4.38. The Hall–Kier alpha value is -0.380. The van der Waals surface area contributed by atoms with Gasteiger partial charge in [0.1, 0.15) is 0 Å². The molecule has 0 aliphatic carbocycles. The molecule has 0 amide bonds. The van der Waals surface area contributed by atoms with Crippen molar-refractivity contribution in [1.29, 1.82) is 0 Å². The molecule has 0 spiro atoms. The number of rotatable bonds is 5. The maximum absolute atomic E-state index is 3.52. The Balaban J connectivity index is 1.70. The van der Waals surface area contributed by atoms with Crippen LogP contribution in [0.2, 0.25) is 0 Å². The van der Waals surface area contributed by atoms with E-state index in [2.05, 4.69) is 41.7 Å². The Morgan fingerprint density at radius 3 is 3.06 bits per heavy atom. The molecule has 3 heteroatoms. The van der Waals surface area contributed by atoms with E-state index in [0.717, 1.165) is 5.92 Å². The van der Waals surface area contributed by atoms with Crippen LogP contribution in [0.5, 0.6) is 0 Å². The Morgan fingerprint density at radius 1 is 1.56 bits per heavy atom. The Morgan fingerprint density at radius 2 is 2.44 bits per heavy atom. The molecule has 0 bridgehead atoms. The van der Waals surface area contributed by atoms with Crippen LogP contribution in [-0.2, 0) is 6.42 Å². The number of thiophene rings is 1. The van der Waals surface area contributed by atoms with Crippen molar-refractivity contribution in [2.45, 2.75) is 25.8 Å². The minimum atomic E-state index is 0.698. The van der Waals surface area contributed by atoms with Gasteiger partial charge in [-0.05, 0) is 50.7 Å². The fourth-order valence-electron chi connectivity index (χ4n) is 2.41. The third kappa shape index (κ3) is 3.30. The molecule has 1 aromatic rings. The van der Waals surface area contributed by atoms with Crippen molar-refractivity contribution >= 4 is 11.3 Å². The monoisotopic (exact) mass is 238 g/mol. The summed E-state index contributed by atoms with van der Waals surface area (Å²) in [6, 6.07) is 5.07. The highest BCUT2D eigenvalue weighted by atomic mass is 32.1. The second kappa shape index (κ2) is 5.80. The normalized spacial score (nSPS) is 25.4. The van der Waals surface area contributed by atoms with Gasteiger partial charge in [-0.15, -0.1) is 11.3 Å². The van der Waals surface area contributed by atoms with E-state index >= 15 is 0 Å². The second-order valence-electron chi connectivity index (χ2n) is 4.88. The molecule has 2 unspecified atom stereocenters. The van der Waals surface area contributed by atoms with Crippen molar-refractivity contribution in [2.24, 2.45) is 5.92 Å². The van der Waals surface area contributed by atoms with E-state index in [0.29, 0.717) is 6.04 Å². The molecular weight excluding hydrogens is 216 g/mol. The van der Waals surface area contributed by atoms with Gasteiger partial charge in [0, 0.05) is 24.0 Å². The maximum Gasteiger partial charge on any atom is 0.00796 e. The van der Waals surface area contributed by atoms with Crippen LogP contribution in [-0.4, -0.2) is 37.6 Å². The quantitative estimate of drug-likeness (QED) is 0.846. The molecule has 1 saturated heterocycles. The van der Waals surface area contributed by atoms with Crippen LogP contribution in [0.4, 0.5) is 0 Å². The first-order valence-corrected chi connectivity index (χ1v) is 7.08. The average Bonchev–Trinajstić information content (AvgIpc) is 2.88. The summed E-state index contributed by atoms with van der Waals surface area (Å²) in [6.07, 6.45) is 2.53. The van der Waals surface area contributed by atoms with E-state index < -0.39 is 0 Å². The molecule has 90 valence electrons. The van der Waals surface area contributed by atoms with Gasteiger partial charge >= 0.3 is 0 Å². The largest absolute Gasteiger partial charge is 0.314 e. The lowest BCUT2D eigenvalue weighted by Gasteiger charge is -2.23. The average molecular weight is 238 g/mol. The van der Waals surface area contributed by atoms with Crippen LogP contribution in [0, 0.1) is 5.92 Å². The van der Waals surface area contributed by atoms with E-state index in [4.69, 9.17) is 0 Å². The molecule has 0 saturated carbocycles. The van der Waals surface area contributed by atoms with E-state index in [1.165, 1.54) is 37.4 Å². The smallest absolute Gasteiger partial charge is 0.00796 e. The second-order valence-corrected chi connectivity index (χ2v) is 5.92. The number of hydrogen-bond donors (Lipinski definition) is 1. The van der Waals surface area contributed by atoms with E-state index in [9.17, 15) is 0 Å². The van der Waals surface area contributed by atoms with Crippen molar-refractivity contribution in [3.8, 4) is 0 Å². The first-order chi connectivity index (χ1) is 7.75. The third-order valence-corrected chi connectivity index (χ3v) is 4.49. The van der Waals surface area contributed by atoms with Gasteiger partial charge in [0.15, 0.2) is 0 Å². The van der Waals surface area contributed by atoms with Crippen molar-refractivity contribution in [1.82, 2.24) is 10.2 Å². The topological polar surface area (TPSA) is 15.3 Å². The summed E-state index contributed by atoms with van der Waals surface area (Å²) < 4.78 is 0. The minimum Gasteiger partial charge on any atom is -0.314 e. The van der Waals surface area contributed by atoms with Gasteiger partial charge in [0.05, 0.1) is 0 Å². The highest BCUT2D eigenvalue weighted by molar-refractivity contribution is 7.09. The first-order valence-electron chi connectivity index (χ1n) is 6.20. The molecule has 0 aromatic carbocycles. The number of nitrogens with one attached hydrogen (secondary N) is 1. The number of likely N-dealkylation sites (N-methyl/N-ethyl adjacent to an activating group) is 1. The summed E-state index contributed by atoms with van der Waals surface area (Å²) in [6.45, 7) is 5.93. The van der Waals surface area contributed by atoms with Crippen LogP contribution in [0.1, 0.15) is 18.2 Å². The summed E-state index contributed by atoms with van der Waals surface area (Å²) in [5.41, 5.74) is 0. The van der Waals surface area contributed by atoms with Crippen molar-refractivity contribution in [3.05, 3.63) is 22.4 Å². The fourth-order valence-corrected chi connectivity index (χ4v) is 3.11. The summed E-state index contributed by atoms with van der Waals surface area (Å²) in [5, 5.41) is 5.68. The van der Waals surface area contributed by atoms with Crippen LogP contribution < -0.4 is 5.32 Å². The van der Waals surface area contributed by atoms with E-state index in [1.807, 2.05) is 11.3 Å². The van der Waals surface area contributed by atoms with Gasteiger partial charge in [0.2, 0.25) is 0 Å². The van der Waals surface area contributed by atoms with Crippen LogP contribution in [0.15, 0.2) is 17.5 Å². The van der Waals surface area contributed by atoms with E-state index in [1.54, 1.807) is 0 Å². The van der Waals surface area contributed by atoms with Crippen molar-refractivity contribution < 1.29 is 0 Å². The van der Waals surface area contributed by atoms with Gasteiger partial charge in [0.25, 0.3) is 0 Å². The molecule has 1 aliphatic heterocycles. The molecule has 1 fully saturated rings. The Bertz CT molecular complexity index is 297. The van der Waals surface area contributed by atoms with Crippen molar-refractivity contribution in [2.75, 3.05) is 26.7 Å². The lowest BCUT2D eigenvalue weighted by Crippen LogP contribution is -2.33. The number of hydrogen-bond acceptors (Lipinski definition) is 3. The summed E-state index contributed by atoms with van der Waals surface area (Å²) >= 11 is 1.87. The summed E-state index contributed by atoms with van der Waals surface area (Å²) in [4.78, 5) is 3.98.